The van der Waals surface area contributed by atoms with E-state index in [9.17, 15) is 13.2 Å². The smallest absolute Gasteiger partial charge is 0.260 e. The predicted octanol–water partition coefficient (Wildman–Crippen LogP) is 3.70. The first kappa shape index (κ1) is 24.9. The highest BCUT2D eigenvalue weighted by Crippen LogP contribution is 2.36. The lowest BCUT2D eigenvalue weighted by Crippen LogP contribution is -2.39. The summed E-state index contributed by atoms with van der Waals surface area (Å²) in [6, 6.07) is 10.0. The molecular weight excluding hydrogens is 554 g/mol. The van der Waals surface area contributed by atoms with Crippen molar-refractivity contribution in [3.05, 3.63) is 63.6 Å². The number of hydrazone groups is 1. The highest BCUT2D eigenvalue weighted by Gasteiger charge is 2.20. The lowest BCUT2D eigenvalue weighted by atomic mass is 10.2. The molecule has 0 heterocycles. The molecule has 2 aromatic rings. The van der Waals surface area contributed by atoms with Crippen LogP contribution < -0.4 is 19.2 Å². The fourth-order valence-corrected chi connectivity index (χ4v) is 4.14. The van der Waals surface area contributed by atoms with Gasteiger partial charge in [-0.05, 0) is 57.9 Å². The molecule has 0 bridgehead atoms. The van der Waals surface area contributed by atoms with Gasteiger partial charge in [-0.1, -0.05) is 28.6 Å². The molecule has 2 rings (SSSR count). The number of hydrogen-bond acceptors (Lipinski definition) is 6. The number of nitrogens with zero attached hydrogens (tertiary/aromatic N) is 2. The summed E-state index contributed by atoms with van der Waals surface area (Å²) < 4.78 is 37.6. The van der Waals surface area contributed by atoms with Gasteiger partial charge < -0.3 is 9.47 Å². The molecule has 0 saturated heterocycles. The average Bonchev–Trinajstić information content (AvgIpc) is 2.71. The number of benzene rings is 2. The van der Waals surface area contributed by atoms with Gasteiger partial charge in [0.25, 0.3) is 5.91 Å². The molecule has 11 heteroatoms. The van der Waals surface area contributed by atoms with E-state index in [1.54, 1.807) is 42.5 Å². The van der Waals surface area contributed by atoms with Crippen molar-refractivity contribution in [3.63, 3.8) is 0 Å². The maximum absolute atomic E-state index is 12.3. The Morgan fingerprint density at radius 1 is 1.26 bits per heavy atom. The Morgan fingerprint density at radius 2 is 1.94 bits per heavy atom. The molecule has 2 aromatic carbocycles. The van der Waals surface area contributed by atoms with Crippen LogP contribution in [0.25, 0.3) is 0 Å². The highest BCUT2D eigenvalue weighted by molar-refractivity contribution is 9.10. The summed E-state index contributed by atoms with van der Waals surface area (Å²) in [6.07, 6.45) is 4.06. The van der Waals surface area contributed by atoms with Gasteiger partial charge in [0.1, 0.15) is 13.2 Å². The molecule has 0 spiro atoms. The number of halogens is 2. The van der Waals surface area contributed by atoms with Crippen LogP contribution in [0.1, 0.15) is 5.56 Å². The molecule has 0 atom stereocenters. The predicted molar refractivity (Wildman–Crippen MR) is 128 cm³/mol. The maximum Gasteiger partial charge on any atom is 0.260 e. The summed E-state index contributed by atoms with van der Waals surface area (Å²) in [7, 11) is -2.16. The summed E-state index contributed by atoms with van der Waals surface area (Å²) in [5, 5.41) is 3.91. The summed E-state index contributed by atoms with van der Waals surface area (Å²) in [4.78, 5) is 12.3. The van der Waals surface area contributed by atoms with E-state index in [1.807, 2.05) is 0 Å². The molecule has 1 N–H and O–H groups in total. The van der Waals surface area contributed by atoms with Crippen molar-refractivity contribution in [2.45, 2.75) is 0 Å². The minimum atomic E-state index is -3.67. The van der Waals surface area contributed by atoms with Crippen molar-refractivity contribution in [1.29, 1.82) is 0 Å². The van der Waals surface area contributed by atoms with Crippen LogP contribution in [0, 0.1) is 0 Å². The van der Waals surface area contributed by atoms with Crippen molar-refractivity contribution in [2.75, 3.05) is 30.8 Å². The van der Waals surface area contributed by atoms with Gasteiger partial charge >= 0.3 is 0 Å². The maximum atomic E-state index is 12.3. The fourth-order valence-electron chi connectivity index (χ4n) is 2.45. The zero-order chi connectivity index (χ0) is 23.0. The van der Waals surface area contributed by atoms with Crippen molar-refractivity contribution in [3.8, 4) is 11.5 Å². The standard InChI is InChI=1S/C20H21Br2N3O5S/c1-4-9-30-20-17(22)10-14(11-18(20)29-2)12-23-24-19(26)13-25(31(3,27)28)16-7-5-15(21)6-8-16/h4-8,10-12H,1,9,13H2,2-3H3,(H,24,26)/b23-12-. The quantitative estimate of drug-likeness (QED) is 0.265. The number of carbonyl (C=O) groups excluding carboxylic acids is 1. The molecule has 31 heavy (non-hydrogen) atoms. The monoisotopic (exact) mass is 573 g/mol. The Hall–Kier alpha value is -2.37. The van der Waals surface area contributed by atoms with Crippen LogP contribution in [-0.2, 0) is 14.8 Å². The van der Waals surface area contributed by atoms with Gasteiger partial charge in [0.05, 0.1) is 29.7 Å². The molecule has 8 nitrogen and oxygen atoms in total. The molecular formula is C20H21Br2N3O5S. The second kappa shape index (κ2) is 11.3. The molecule has 0 aliphatic rings. The average molecular weight is 575 g/mol. The van der Waals surface area contributed by atoms with E-state index in [1.165, 1.54) is 13.3 Å². The first-order valence-electron chi connectivity index (χ1n) is 8.82. The summed E-state index contributed by atoms with van der Waals surface area (Å²) in [5.74, 6) is 0.394. The van der Waals surface area contributed by atoms with Gasteiger partial charge in [-0.3, -0.25) is 9.10 Å². The molecule has 1 amide bonds. The topological polar surface area (TPSA) is 97.3 Å². The van der Waals surface area contributed by atoms with Crippen LogP contribution in [0.2, 0.25) is 0 Å². The van der Waals surface area contributed by atoms with E-state index in [4.69, 9.17) is 9.47 Å². The number of ether oxygens (including phenoxy) is 2. The summed E-state index contributed by atoms with van der Waals surface area (Å²) in [5.41, 5.74) is 3.33. The van der Waals surface area contributed by atoms with Crippen LogP contribution >= 0.6 is 31.9 Å². The normalized spacial score (nSPS) is 11.2. The van der Waals surface area contributed by atoms with Gasteiger partial charge in [0.2, 0.25) is 10.0 Å². The van der Waals surface area contributed by atoms with Crippen molar-refractivity contribution in [2.24, 2.45) is 5.10 Å². The zero-order valence-electron chi connectivity index (χ0n) is 16.8. The number of rotatable bonds is 10. The van der Waals surface area contributed by atoms with E-state index in [0.29, 0.717) is 33.8 Å². The fraction of sp³-hybridized carbons (Fsp3) is 0.200. The third-order valence-electron chi connectivity index (χ3n) is 3.80. The lowest BCUT2D eigenvalue weighted by Gasteiger charge is -2.21. The molecule has 0 unspecified atom stereocenters. The molecule has 0 aliphatic carbocycles. The number of sulfonamides is 1. The van der Waals surface area contributed by atoms with E-state index in [0.717, 1.165) is 15.0 Å². The number of carbonyl (C=O) groups is 1. The van der Waals surface area contributed by atoms with Gasteiger partial charge in [0.15, 0.2) is 11.5 Å². The molecule has 166 valence electrons. The van der Waals surface area contributed by atoms with E-state index < -0.39 is 22.5 Å². The Balaban J connectivity index is 2.11. The number of hydrogen-bond donors (Lipinski definition) is 1. The van der Waals surface area contributed by atoms with Crippen LogP contribution in [0.15, 0.2) is 63.1 Å². The highest BCUT2D eigenvalue weighted by atomic mass is 79.9. The van der Waals surface area contributed by atoms with Gasteiger partial charge in [-0.25, -0.2) is 13.8 Å². The number of anilines is 1. The van der Waals surface area contributed by atoms with Crippen molar-refractivity contribution < 1.29 is 22.7 Å². The zero-order valence-corrected chi connectivity index (χ0v) is 20.8. The largest absolute Gasteiger partial charge is 0.493 e. The van der Waals surface area contributed by atoms with Crippen molar-refractivity contribution >= 4 is 59.7 Å². The molecule has 0 saturated carbocycles. The second-order valence-corrected chi connectivity index (χ2v) is 9.85. The first-order chi connectivity index (χ1) is 14.7. The Labute approximate surface area is 198 Å². The van der Waals surface area contributed by atoms with Crippen molar-refractivity contribution in [1.82, 2.24) is 5.43 Å². The Bertz CT molecular complexity index is 1070. The van der Waals surface area contributed by atoms with E-state index in [-0.39, 0.29) is 0 Å². The number of amides is 1. The number of nitrogens with one attached hydrogen (secondary N) is 1. The van der Waals surface area contributed by atoms with E-state index in [2.05, 4.69) is 49.0 Å². The first-order valence-corrected chi connectivity index (χ1v) is 12.3. The van der Waals surface area contributed by atoms with Crippen LogP contribution in [-0.4, -0.2) is 47.1 Å². The van der Waals surface area contributed by atoms with E-state index >= 15 is 0 Å². The third kappa shape index (κ3) is 7.37. The summed E-state index contributed by atoms with van der Waals surface area (Å²) in [6.45, 7) is 3.50. The minimum absolute atomic E-state index is 0.313. The Morgan fingerprint density at radius 3 is 2.52 bits per heavy atom. The van der Waals surface area contributed by atoms with Gasteiger partial charge in [0, 0.05) is 4.47 Å². The SMILES string of the molecule is C=CCOc1c(Br)cc(/C=N\NC(=O)CN(c2ccc(Br)cc2)S(C)(=O)=O)cc1OC. The van der Waals surface area contributed by atoms with Crippen LogP contribution in [0.5, 0.6) is 11.5 Å². The molecule has 0 fully saturated rings. The van der Waals surface area contributed by atoms with Crippen LogP contribution in [0.4, 0.5) is 5.69 Å². The molecule has 0 aromatic heterocycles. The second-order valence-electron chi connectivity index (χ2n) is 6.17. The van der Waals surface area contributed by atoms with Gasteiger partial charge in [-0.15, -0.1) is 0 Å². The molecule has 0 radical (unpaired) electrons. The number of methoxy groups -OCH3 is 1. The van der Waals surface area contributed by atoms with Crippen LogP contribution in [0.3, 0.4) is 0 Å². The molecule has 0 aliphatic heterocycles. The lowest BCUT2D eigenvalue weighted by molar-refractivity contribution is -0.119. The summed E-state index contributed by atoms with van der Waals surface area (Å²) >= 11 is 6.70. The third-order valence-corrected chi connectivity index (χ3v) is 6.06. The van der Waals surface area contributed by atoms with Gasteiger partial charge in [-0.2, -0.15) is 5.10 Å². The minimum Gasteiger partial charge on any atom is -0.493 e. The Kier molecular flexibility index (Phi) is 9.08.